The predicted octanol–water partition coefficient (Wildman–Crippen LogP) is 3.90. The highest BCUT2D eigenvalue weighted by molar-refractivity contribution is 7.98. The molecule has 0 radical (unpaired) electrons. The molecule has 1 N–H and O–H groups in total. The Morgan fingerprint density at radius 2 is 2.30 bits per heavy atom. The molecule has 0 spiro atoms. The summed E-state index contributed by atoms with van der Waals surface area (Å²) in [4.78, 5) is 34.1. The zero-order chi connectivity index (χ0) is 18.8. The van der Waals surface area contributed by atoms with Gasteiger partial charge in [-0.15, -0.1) is 0 Å². The van der Waals surface area contributed by atoms with Crippen LogP contribution in [0.1, 0.15) is 50.0 Å². The van der Waals surface area contributed by atoms with E-state index in [1.807, 2.05) is 13.0 Å². The number of thioether (sulfide) groups is 1. The highest BCUT2D eigenvalue weighted by Gasteiger charge is 2.23. The van der Waals surface area contributed by atoms with Crippen molar-refractivity contribution in [3.63, 3.8) is 0 Å². The molecule has 3 aromatic rings. The van der Waals surface area contributed by atoms with Crippen LogP contribution in [0.15, 0.2) is 33.9 Å². The summed E-state index contributed by atoms with van der Waals surface area (Å²) < 4.78 is 5.06. The number of rotatable bonds is 5. The Hall–Kier alpha value is -2.52. The zero-order valence-corrected chi connectivity index (χ0v) is 16.2. The van der Waals surface area contributed by atoms with Gasteiger partial charge in [0.25, 0.3) is 5.91 Å². The Morgan fingerprint density at radius 3 is 3.07 bits per heavy atom. The summed E-state index contributed by atoms with van der Waals surface area (Å²) in [7, 11) is 0. The smallest absolute Gasteiger partial charge is 0.260 e. The van der Waals surface area contributed by atoms with Crippen LogP contribution in [0.3, 0.4) is 0 Å². The van der Waals surface area contributed by atoms with Gasteiger partial charge in [-0.05, 0) is 31.9 Å². The largest absolute Gasteiger partial charge is 0.361 e. The van der Waals surface area contributed by atoms with Crippen LogP contribution in [-0.2, 0) is 12.2 Å². The molecule has 0 atom stereocenters. The van der Waals surface area contributed by atoms with Crippen molar-refractivity contribution in [2.45, 2.75) is 37.0 Å². The van der Waals surface area contributed by atoms with Gasteiger partial charge in [0.05, 0.1) is 21.8 Å². The molecule has 3 heterocycles. The Bertz CT molecular complexity index is 1010. The van der Waals surface area contributed by atoms with E-state index in [2.05, 4.69) is 20.4 Å². The third-order valence-electron chi connectivity index (χ3n) is 4.04. The van der Waals surface area contributed by atoms with E-state index >= 15 is 0 Å². The quantitative estimate of drug-likeness (QED) is 0.649. The third kappa shape index (κ3) is 3.93. The number of carbonyl (C=O) groups excluding carboxylic acids is 2. The number of ketones is 1. The summed E-state index contributed by atoms with van der Waals surface area (Å²) in [6.45, 7) is 1.83. The lowest BCUT2D eigenvalue weighted by Gasteiger charge is -2.06. The maximum atomic E-state index is 12.7. The van der Waals surface area contributed by atoms with Gasteiger partial charge in [0.15, 0.2) is 10.9 Å². The van der Waals surface area contributed by atoms with Crippen molar-refractivity contribution in [2.24, 2.45) is 0 Å². The molecule has 0 bridgehead atoms. The average molecular weight is 400 g/mol. The minimum Gasteiger partial charge on any atom is -0.361 e. The Labute approximate surface area is 163 Å². The lowest BCUT2D eigenvalue weighted by Crippen LogP contribution is -2.13. The molecule has 0 saturated carbocycles. The van der Waals surface area contributed by atoms with Crippen molar-refractivity contribution >= 4 is 39.9 Å². The Kier molecular flexibility index (Phi) is 5.04. The van der Waals surface area contributed by atoms with Crippen molar-refractivity contribution in [3.8, 4) is 0 Å². The van der Waals surface area contributed by atoms with Crippen molar-refractivity contribution in [1.29, 1.82) is 0 Å². The van der Waals surface area contributed by atoms with E-state index in [1.165, 1.54) is 23.1 Å². The molecule has 1 aliphatic carbocycles. The maximum absolute atomic E-state index is 12.7. The maximum Gasteiger partial charge on any atom is 0.260 e. The highest BCUT2D eigenvalue weighted by Crippen LogP contribution is 2.30. The molecular weight excluding hydrogens is 384 g/mol. The fourth-order valence-corrected chi connectivity index (χ4v) is 4.64. The third-order valence-corrected chi connectivity index (χ3v) is 6.13. The summed E-state index contributed by atoms with van der Waals surface area (Å²) in [6.07, 6.45) is 3.79. The number of hydrogen-bond donors (Lipinski definition) is 1. The van der Waals surface area contributed by atoms with E-state index in [0.717, 1.165) is 30.0 Å². The molecule has 1 amide bonds. The molecule has 7 nitrogen and oxygen atoms in total. The second-order valence-corrected chi connectivity index (χ2v) is 8.06. The summed E-state index contributed by atoms with van der Waals surface area (Å²) in [5.41, 5.74) is 2.04. The zero-order valence-electron chi connectivity index (χ0n) is 14.5. The van der Waals surface area contributed by atoms with Crippen LogP contribution in [0.25, 0.3) is 0 Å². The lowest BCUT2D eigenvalue weighted by molar-refractivity contribution is 0.0975. The van der Waals surface area contributed by atoms with Crippen molar-refractivity contribution in [1.82, 2.24) is 15.1 Å². The van der Waals surface area contributed by atoms with Crippen LogP contribution < -0.4 is 5.32 Å². The van der Waals surface area contributed by atoms with E-state index in [4.69, 9.17) is 4.52 Å². The van der Waals surface area contributed by atoms with E-state index in [9.17, 15) is 9.59 Å². The topological polar surface area (TPSA) is 98.0 Å². The van der Waals surface area contributed by atoms with Crippen LogP contribution in [0.2, 0.25) is 0 Å². The number of nitrogens with zero attached hydrogens (tertiary/aromatic N) is 3. The minimum atomic E-state index is -0.291. The SMILES string of the molecule is Cc1cc(CSc2ncccc2C(=O)Nc2nc3c(s2)C(=O)CCC3)no1. The van der Waals surface area contributed by atoms with Crippen molar-refractivity contribution in [3.05, 3.63) is 52.0 Å². The first-order chi connectivity index (χ1) is 13.1. The van der Waals surface area contributed by atoms with Gasteiger partial charge in [0.2, 0.25) is 0 Å². The Morgan fingerprint density at radius 1 is 1.41 bits per heavy atom. The predicted molar refractivity (Wildman–Crippen MR) is 102 cm³/mol. The first kappa shape index (κ1) is 17.9. The first-order valence-corrected chi connectivity index (χ1v) is 10.2. The molecule has 0 aromatic carbocycles. The summed E-state index contributed by atoms with van der Waals surface area (Å²) in [5.74, 6) is 1.11. The summed E-state index contributed by atoms with van der Waals surface area (Å²) >= 11 is 2.66. The van der Waals surface area contributed by atoms with Gasteiger partial charge in [0.1, 0.15) is 10.8 Å². The van der Waals surface area contributed by atoms with E-state index in [0.29, 0.717) is 32.8 Å². The normalized spacial score (nSPS) is 13.4. The number of pyridine rings is 1. The van der Waals surface area contributed by atoms with Gasteiger partial charge in [-0.3, -0.25) is 14.9 Å². The van der Waals surface area contributed by atoms with E-state index < -0.39 is 0 Å². The number of anilines is 1. The first-order valence-electron chi connectivity index (χ1n) is 8.44. The summed E-state index contributed by atoms with van der Waals surface area (Å²) in [6, 6.07) is 5.29. The number of nitrogens with one attached hydrogen (secondary N) is 1. The van der Waals surface area contributed by atoms with Gasteiger partial charge in [-0.25, -0.2) is 9.97 Å². The van der Waals surface area contributed by atoms with Crippen LogP contribution in [0.5, 0.6) is 0 Å². The number of aryl methyl sites for hydroxylation is 2. The van der Waals surface area contributed by atoms with E-state index in [1.54, 1.807) is 18.3 Å². The number of fused-ring (bicyclic) bond motifs is 1. The average Bonchev–Trinajstić information content (AvgIpc) is 3.26. The van der Waals surface area contributed by atoms with Gasteiger partial charge < -0.3 is 4.52 Å². The monoisotopic (exact) mass is 400 g/mol. The van der Waals surface area contributed by atoms with Crippen LogP contribution in [0, 0.1) is 6.92 Å². The molecule has 138 valence electrons. The standard InChI is InChI=1S/C18H16N4O3S2/c1-10-8-11(22-25-10)9-26-17-12(4-3-7-19-17)16(24)21-18-20-13-5-2-6-14(23)15(13)27-18/h3-4,7-8H,2,5-6,9H2,1H3,(H,20,21,24). The molecular formula is C18H16N4O3S2. The number of amides is 1. The van der Waals surface area contributed by atoms with Crippen molar-refractivity contribution in [2.75, 3.05) is 5.32 Å². The second-order valence-electron chi connectivity index (χ2n) is 6.10. The van der Waals surface area contributed by atoms with Gasteiger partial charge in [-0.2, -0.15) is 0 Å². The van der Waals surface area contributed by atoms with Crippen LogP contribution in [0.4, 0.5) is 5.13 Å². The molecule has 27 heavy (non-hydrogen) atoms. The Balaban J connectivity index is 1.49. The summed E-state index contributed by atoms with van der Waals surface area (Å²) in [5, 5.41) is 7.82. The molecule has 0 unspecified atom stereocenters. The molecule has 0 aliphatic heterocycles. The molecule has 0 fully saturated rings. The number of carbonyl (C=O) groups is 2. The number of Topliss-reactive ketones (excluding diaryl/α,β-unsaturated/α-hetero) is 1. The number of hydrogen-bond acceptors (Lipinski definition) is 8. The molecule has 1 aliphatic rings. The van der Waals surface area contributed by atoms with Crippen LogP contribution >= 0.6 is 23.1 Å². The van der Waals surface area contributed by atoms with Gasteiger partial charge in [-0.1, -0.05) is 28.3 Å². The molecule has 3 aromatic heterocycles. The fraction of sp³-hybridized carbons (Fsp3) is 0.278. The van der Waals surface area contributed by atoms with Gasteiger partial charge >= 0.3 is 0 Å². The van der Waals surface area contributed by atoms with Gasteiger partial charge in [0, 0.05) is 24.4 Å². The fourth-order valence-electron chi connectivity index (χ4n) is 2.79. The number of thiazole rings is 1. The lowest BCUT2D eigenvalue weighted by atomic mass is 10.0. The second kappa shape index (κ2) is 7.61. The molecule has 4 rings (SSSR count). The molecule has 9 heteroatoms. The molecule has 0 saturated heterocycles. The number of aromatic nitrogens is 3. The van der Waals surface area contributed by atoms with Crippen molar-refractivity contribution < 1.29 is 14.1 Å². The minimum absolute atomic E-state index is 0.106. The van der Waals surface area contributed by atoms with Crippen LogP contribution in [-0.4, -0.2) is 26.8 Å². The highest BCUT2D eigenvalue weighted by atomic mass is 32.2. The van der Waals surface area contributed by atoms with E-state index in [-0.39, 0.29) is 11.7 Å².